The maximum absolute atomic E-state index is 12.7. The first kappa shape index (κ1) is 20.1. The molecule has 1 heterocycles. The average molecular weight is 416 g/mol. The molecular formula is C21H19Cl2N3O2. The molecule has 0 saturated carbocycles. The first-order chi connectivity index (χ1) is 13.4. The van der Waals surface area contributed by atoms with Crippen LogP contribution >= 0.6 is 23.2 Å². The third-order valence-electron chi connectivity index (χ3n) is 4.28. The number of benzene rings is 1. The lowest BCUT2D eigenvalue weighted by atomic mass is 9.99. The number of nitrogens with zero attached hydrogens (tertiary/aromatic N) is 2. The molecule has 0 radical (unpaired) electrons. The molecule has 1 N–H and O–H groups in total. The molecular weight excluding hydrogens is 397 g/mol. The van der Waals surface area contributed by atoms with Crippen molar-refractivity contribution in [1.82, 2.24) is 15.2 Å². The molecule has 0 fully saturated rings. The van der Waals surface area contributed by atoms with Crippen LogP contribution in [0.2, 0.25) is 5.02 Å². The van der Waals surface area contributed by atoms with Crippen LogP contribution < -0.4 is 5.32 Å². The van der Waals surface area contributed by atoms with Crippen molar-refractivity contribution < 1.29 is 9.59 Å². The molecule has 3 rings (SSSR count). The highest BCUT2D eigenvalue weighted by Gasteiger charge is 2.20. The molecule has 5 nitrogen and oxygen atoms in total. The predicted octanol–water partition coefficient (Wildman–Crippen LogP) is 4.15. The minimum Gasteiger partial charge on any atom is -0.345 e. The Balaban J connectivity index is 1.79. The number of aromatic nitrogens is 1. The molecule has 144 valence electrons. The van der Waals surface area contributed by atoms with Crippen LogP contribution in [0.5, 0.6) is 0 Å². The Labute approximate surface area is 173 Å². The molecule has 0 spiro atoms. The monoisotopic (exact) mass is 415 g/mol. The molecule has 0 saturated heterocycles. The summed E-state index contributed by atoms with van der Waals surface area (Å²) in [5, 5.41) is 2.85. The zero-order valence-electron chi connectivity index (χ0n) is 15.4. The van der Waals surface area contributed by atoms with E-state index < -0.39 is 0 Å². The number of halogens is 2. The van der Waals surface area contributed by atoms with Crippen molar-refractivity contribution in [3.8, 4) is 0 Å². The second-order valence-electron chi connectivity index (χ2n) is 6.53. The van der Waals surface area contributed by atoms with Crippen LogP contribution in [0, 0.1) is 0 Å². The van der Waals surface area contributed by atoms with Gasteiger partial charge in [0.2, 0.25) is 0 Å². The van der Waals surface area contributed by atoms with Gasteiger partial charge in [-0.1, -0.05) is 23.7 Å². The summed E-state index contributed by atoms with van der Waals surface area (Å²) in [6.45, 7) is 0. The molecule has 1 aliphatic rings. The Hall–Kier alpha value is -2.63. The van der Waals surface area contributed by atoms with Gasteiger partial charge >= 0.3 is 0 Å². The quantitative estimate of drug-likeness (QED) is 0.762. The number of carbonyl (C=O) groups excluding carboxylic acids is 2. The SMILES string of the molecule is CN(C)C(=O)c1ccc(C(=O)NC2=CCC(Cl)C(c3ccccn3)=C2)c(Cl)c1. The Kier molecular flexibility index (Phi) is 6.17. The fourth-order valence-corrected chi connectivity index (χ4v) is 3.35. The lowest BCUT2D eigenvalue weighted by Gasteiger charge is -2.19. The van der Waals surface area contributed by atoms with Gasteiger partial charge < -0.3 is 10.2 Å². The molecule has 28 heavy (non-hydrogen) atoms. The summed E-state index contributed by atoms with van der Waals surface area (Å²) < 4.78 is 0. The average Bonchev–Trinajstić information content (AvgIpc) is 2.69. The van der Waals surface area contributed by atoms with Crippen molar-refractivity contribution >= 4 is 40.6 Å². The van der Waals surface area contributed by atoms with Crippen LogP contribution in [0.3, 0.4) is 0 Å². The minimum absolute atomic E-state index is 0.181. The lowest BCUT2D eigenvalue weighted by Crippen LogP contribution is -2.25. The van der Waals surface area contributed by atoms with Crippen LogP contribution in [0.4, 0.5) is 0 Å². The van der Waals surface area contributed by atoms with E-state index in [4.69, 9.17) is 23.2 Å². The maximum Gasteiger partial charge on any atom is 0.257 e. The largest absolute Gasteiger partial charge is 0.345 e. The topological polar surface area (TPSA) is 62.3 Å². The van der Waals surface area contributed by atoms with Gasteiger partial charge in [-0.25, -0.2) is 0 Å². The molecule has 2 amide bonds. The zero-order chi connectivity index (χ0) is 20.3. The van der Waals surface area contributed by atoms with E-state index >= 15 is 0 Å². The van der Waals surface area contributed by atoms with E-state index in [1.54, 1.807) is 32.4 Å². The minimum atomic E-state index is -0.357. The maximum atomic E-state index is 12.7. The summed E-state index contributed by atoms with van der Waals surface area (Å²) in [5.74, 6) is -0.537. The molecule has 7 heteroatoms. The van der Waals surface area contributed by atoms with Crippen molar-refractivity contribution in [2.75, 3.05) is 14.1 Å². The Morgan fingerprint density at radius 2 is 2.00 bits per heavy atom. The Morgan fingerprint density at radius 1 is 1.21 bits per heavy atom. The van der Waals surface area contributed by atoms with E-state index in [9.17, 15) is 9.59 Å². The van der Waals surface area contributed by atoms with Crippen molar-refractivity contribution in [3.05, 3.63) is 82.3 Å². The van der Waals surface area contributed by atoms with Crippen molar-refractivity contribution in [2.45, 2.75) is 11.8 Å². The number of alkyl halides is 1. The number of hydrogen-bond acceptors (Lipinski definition) is 3. The van der Waals surface area contributed by atoms with Gasteiger partial charge in [-0.05, 0) is 48.4 Å². The first-order valence-corrected chi connectivity index (χ1v) is 9.48. The van der Waals surface area contributed by atoms with E-state index in [1.807, 2.05) is 30.4 Å². The standard InChI is InChI=1S/C21H19Cl2N3O2/c1-26(2)21(28)13-6-8-15(18(23)11-13)20(27)25-14-7-9-17(22)16(12-14)19-5-3-4-10-24-19/h3-8,10-12,17H,9H2,1-2H3,(H,25,27). The lowest BCUT2D eigenvalue weighted by molar-refractivity contribution is 0.0826. The van der Waals surface area contributed by atoms with Crippen molar-refractivity contribution in [1.29, 1.82) is 0 Å². The number of amides is 2. The molecule has 1 unspecified atom stereocenters. The summed E-state index contributed by atoms with van der Waals surface area (Å²) in [6, 6.07) is 10.2. The molecule has 0 aliphatic heterocycles. The number of nitrogens with one attached hydrogen (secondary N) is 1. The van der Waals surface area contributed by atoms with Crippen molar-refractivity contribution in [3.63, 3.8) is 0 Å². The van der Waals surface area contributed by atoms with E-state index in [-0.39, 0.29) is 22.2 Å². The second kappa shape index (κ2) is 8.59. The summed E-state index contributed by atoms with van der Waals surface area (Å²) in [4.78, 5) is 30.5. The van der Waals surface area contributed by atoms with Crippen LogP contribution in [0.25, 0.3) is 5.57 Å². The summed E-state index contributed by atoms with van der Waals surface area (Å²) in [6.07, 6.45) is 5.95. The predicted molar refractivity (Wildman–Crippen MR) is 111 cm³/mol. The number of hydrogen-bond donors (Lipinski definition) is 1. The summed E-state index contributed by atoms with van der Waals surface area (Å²) in [7, 11) is 3.31. The van der Waals surface area contributed by atoms with E-state index in [0.717, 1.165) is 11.3 Å². The van der Waals surface area contributed by atoms with Crippen LogP contribution in [-0.2, 0) is 0 Å². The third kappa shape index (κ3) is 4.43. The molecule has 1 aromatic carbocycles. The van der Waals surface area contributed by atoms with Gasteiger partial charge in [-0.15, -0.1) is 11.6 Å². The Bertz CT molecular complexity index is 969. The Morgan fingerprint density at radius 3 is 2.64 bits per heavy atom. The number of pyridine rings is 1. The zero-order valence-corrected chi connectivity index (χ0v) is 17.0. The van der Waals surface area contributed by atoms with Crippen LogP contribution in [-0.4, -0.2) is 41.2 Å². The number of allylic oxidation sites excluding steroid dienone is 3. The molecule has 1 aromatic heterocycles. The van der Waals surface area contributed by atoms with Gasteiger partial charge in [0.15, 0.2) is 0 Å². The third-order valence-corrected chi connectivity index (χ3v) is 5.00. The first-order valence-electron chi connectivity index (χ1n) is 8.66. The highest BCUT2D eigenvalue weighted by atomic mass is 35.5. The molecule has 0 bridgehead atoms. The summed E-state index contributed by atoms with van der Waals surface area (Å²) in [5.41, 5.74) is 2.96. The van der Waals surface area contributed by atoms with E-state index in [0.29, 0.717) is 23.2 Å². The van der Waals surface area contributed by atoms with Gasteiger partial charge in [-0.3, -0.25) is 14.6 Å². The molecule has 1 atom stereocenters. The number of rotatable bonds is 4. The second-order valence-corrected chi connectivity index (χ2v) is 7.46. The van der Waals surface area contributed by atoms with Gasteiger partial charge in [0, 0.05) is 31.6 Å². The number of carbonyl (C=O) groups is 2. The molecule has 2 aromatic rings. The highest BCUT2D eigenvalue weighted by Crippen LogP contribution is 2.29. The fourth-order valence-electron chi connectivity index (χ4n) is 2.82. The van der Waals surface area contributed by atoms with Crippen LogP contribution in [0.1, 0.15) is 32.8 Å². The molecule has 1 aliphatic carbocycles. The van der Waals surface area contributed by atoms with Gasteiger partial charge in [0.1, 0.15) is 0 Å². The normalized spacial score (nSPS) is 16.1. The smallest absolute Gasteiger partial charge is 0.257 e. The summed E-state index contributed by atoms with van der Waals surface area (Å²) >= 11 is 12.7. The highest BCUT2D eigenvalue weighted by molar-refractivity contribution is 6.34. The van der Waals surface area contributed by atoms with Gasteiger partial charge in [-0.2, -0.15) is 0 Å². The van der Waals surface area contributed by atoms with E-state index in [1.165, 1.54) is 11.0 Å². The van der Waals surface area contributed by atoms with Gasteiger partial charge in [0.25, 0.3) is 11.8 Å². The van der Waals surface area contributed by atoms with Crippen molar-refractivity contribution in [2.24, 2.45) is 0 Å². The van der Waals surface area contributed by atoms with Crippen LogP contribution in [0.15, 0.2) is 60.4 Å². The fraction of sp³-hybridized carbons (Fsp3) is 0.190. The van der Waals surface area contributed by atoms with E-state index in [2.05, 4.69) is 10.3 Å². The van der Waals surface area contributed by atoms with Gasteiger partial charge in [0.05, 0.1) is 21.7 Å².